The molecule has 6 heteroatoms. The van der Waals surface area contributed by atoms with E-state index in [2.05, 4.69) is 5.32 Å². The highest BCUT2D eigenvalue weighted by molar-refractivity contribution is 5.85. The highest BCUT2D eigenvalue weighted by Crippen LogP contribution is 2.26. The number of methoxy groups -OCH3 is 1. The van der Waals surface area contributed by atoms with Crippen LogP contribution in [0.15, 0.2) is 24.3 Å². The average molecular weight is 343 g/mol. The summed E-state index contributed by atoms with van der Waals surface area (Å²) in [7, 11) is 3.58. The quantitative estimate of drug-likeness (QED) is 0.826. The van der Waals surface area contributed by atoms with Crippen LogP contribution in [0.2, 0.25) is 0 Å². The zero-order chi connectivity index (χ0) is 15.8. The molecule has 1 N–H and O–H groups in total. The molecule has 0 bridgehead atoms. The smallest absolute Gasteiger partial charge is 0.260 e. The molecule has 1 aliphatic rings. The highest BCUT2D eigenvalue weighted by Gasteiger charge is 2.22. The highest BCUT2D eigenvalue weighted by atomic mass is 35.5. The first-order valence-corrected chi connectivity index (χ1v) is 7.92. The van der Waals surface area contributed by atoms with Gasteiger partial charge in [-0.25, -0.2) is 0 Å². The summed E-state index contributed by atoms with van der Waals surface area (Å²) in [6.45, 7) is 2.79. The third kappa shape index (κ3) is 5.92. The second kappa shape index (κ2) is 10.3. The van der Waals surface area contributed by atoms with E-state index in [1.54, 1.807) is 7.11 Å². The van der Waals surface area contributed by atoms with E-state index in [4.69, 9.17) is 9.47 Å². The molecule has 0 saturated carbocycles. The molecule has 1 aromatic rings. The molecule has 1 aliphatic heterocycles. The van der Waals surface area contributed by atoms with Crippen molar-refractivity contribution in [3.63, 3.8) is 0 Å². The molecule has 0 atom stereocenters. The van der Waals surface area contributed by atoms with Gasteiger partial charge in [0.15, 0.2) is 18.1 Å². The van der Waals surface area contributed by atoms with Gasteiger partial charge in [0.25, 0.3) is 5.91 Å². The van der Waals surface area contributed by atoms with Gasteiger partial charge in [0.1, 0.15) is 0 Å². The van der Waals surface area contributed by atoms with Gasteiger partial charge in [-0.15, -0.1) is 12.4 Å². The Labute approximate surface area is 144 Å². The fraction of sp³-hybridized carbons (Fsp3) is 0.588. The largest absolute Gasteiger partial charge is 0.493 e. The number of halogens is 1. The molecular weight excluding hydrogens is 316 g/mol. The van der Waals surface area contributed by atoms with E-state index in [0.717, 1.165) is 38.4 Å². The van der Waals surface area contributed by atoms with E-state index in [1.165, 1.54) is 6.42 Å². The van der Waals surface area contributed by atoms with Crippen molar-refractivity contribution in [2.75, 3.05) is 40.4 Å². The van der Waals surface area contributed by atoms with Crippen LogP contribution in [0.1, 0.15) is 19.3 Å². The third-order valence-corrected chi connectivity index (χ3v) is 4.19. The summed E-state index contributed by atoms with van der Waals surface area (Å²) in [5, 5.41) is 3.19. The molecule has 5 nitrogen and oxygen atoms in total. The SMILES string of the molecule is CNCCC1CCN(C(=O)COc2ccccc2OC)CC1.Cl. The molecule has 1 heterocycles. The molecule has 0 aliphatic carbocycles. The minimum absolute atomic E-state index is 0. The standard InChI is InChI=1S/C17H26N2O3.ClH/c1-18-10-7-14-8-11-19(12-9-14)17(20)13-22-16-6-4-3-5-15(16)21-2;/h3-6,14,18H,7-13H2,1-2H3;1H. The van der Waals surface area contributed by atoms with Crippen LogP contribution in [-0.4, -0.2) is 51.2 Å². The molecule has 0 spiro atoms. The number of rotatable bonds is 7. The molecular formula is C17H27ClN2O3. The maximum atomic E-state index is 12.2. The number of likely N-dealkylation sites (tertiary alicyclic amines) is 1. The van der Waals surface area contributed by atoms with Gasteiger partial charge in [0, 0.05) is 13.1 Å². The van der Waals surface area contributed by atoms with E-state index in [9.17, 15) is 4.79 Å². The van der Waals surface area contributed by atoms with Crippen LogP contribution in [0.4, 0.5) is 0 Å². The third-order valence-electron chi connectivity index (χ3n) is 4.19. The summed E-state index contributed by atoms with van der Waals surface area (Å²) in [6, 6.07) is 7.39. The number of ether oxygens (including phenoxy) is 2. The van der Waals surface area contributed by atoms with Crippen LogP contribution in [0.25, 0.3) is 0 Å². The number of para-hydroxylation sites is 2. The summed E-state index contributed by atoms with van der Waals surface area (Å²) in [5.74, 6) is 2.05. The van der Waals surface area contributed by atoms with Gasteiger partial charge in [-0.1, -0.05) is 12.1 Å². The molecule has 0 radical (unpaired) electrons. The van der Waals surface area contributed by atoms with Gasteiger partial charge in [-0.2, -0.15) is 0 Å². The monoisotopic (exact) mass is 342 g/mol. The van der Waals surface area contributed by atoms with Gasteiger partial charge in [-0.05, 0) is 50.9 Å². The Hall–Kier alpha value is -1.46. The van der Waals surface area contributed by atoms with Crippen LogP contribution in [0.3, 0.4) is 0 Å². The Morgan fingerprint density at radius 1 is 1.26 bits per heavy atom. The zero-order valence-electron chi connectivity index (χ0n) is 13.9. The van der Waals surface area contributed by atoms with Crippen molar-refractivity contribution in [3.8, 4) is 11.5 Å². The van der Waals surface area contributed by atoms with Crippen molar-refractivity contribution in [3.05, 3.63) is 24.3 Å². The van der Waals surface area contributed by atoms with Gasteiger partial charge < -0.3 is 19.7 Å². The van der Waals surface area contributed by atoms with E-state index in [0.29, 0.717) is 11.5 Å². The number of piperidine rings is 1. The molecule has 1 fully saturated rings. The van der Waals surface area contributed by atoms with Crippen molar-refractivity contribution in [2.24, 2.45) is 5.92 Å². The second-order valence-corrected chi connectivity index (χ2v) is 5.66. The maximum absolute atomic E-state index is 12.2. The normalized spacial score (nSPS) is 15.0. The summed E-state index contributed by atoms with van der Waals surface area (Å²) in [6.07, 6.45) is 3.36. The number of carbonyl (C=O) groups is 1. The van der Waals surface area contributed by atoms with Gasteiger partial charge >= 0.3 is 0 Å². The molecule has 1 amide bonds. The van der Waals surface area contributed by atoms with Crippen LogP contribution >= 0.6 is 12.4 Å². The van der Waals surface area contributed by atoms with Crippen molar-refractivity contribution in [1.29, 1.82) is 0 Å². The number of amides is 1. The molecule has 1 aromatic carbocycles. The lowest BCUT2D eigenvalue weighted by Crippen LogP contribution is -2.41. The van der Waals surface area contributed by atoms with Crippen LogP contribution in [0, 0.1) is 5.92 Å². The van der Waals surface area contributed by atoms with Crippen molar-refractivity contribution < 1.29 is 14.3 Å². The summed E-state index contributed by atoms with van der Waals surface area (Å²) in [4.78, 5) is 14.1. The Kier molecular flexibility index (Phi) is 8.81. The Bertz CT molecular complexity index is 477. The number of hydrogen-bond acceptors (Lipinski definition) is 4. The van der Waals surface area contributed by atoms with E-state index in [-0.39, 0.29) is 24.9 Å². The van der Waals surface area contributed by atoms with E-state index in [1.807, 2.05) is 36.2 Å². The van der Waals surface area contributed by atoms with Crippen LogP contribution < -0.4 is 14.8 Å². The lowest BCUT2D eigenvalue weighted by Gasteiger charge is -2.32. The number of carbonyl (C=O) groups excluding carboxylic acids is 1. The number of hydrogen-bond donors (Lipinski definition) is 1. The minimum atomic E-state index is 0. The number of benzene rings is 1. The topological polar surface area (TPSA) is 50.8 Å². The first kappa shape index (κ1) is 19.6. The molecule has 1 saturated heterocycles. The van der Waals surface area contributed by atoms with E-state index < -0.39 is 0 Å². The Balaban J connectivity index is 0.00000264. The predicted molar refractivity (Wildman–Crippen MR) is 93.6 cm³/mol. The molecule has 2 rings (SSSR count). The average Bonchev–Trinajstić information content (AvgIpc) is 2.58. The van der Waals surface area contributed by atoms with Gasteiger partial charge in [0.2, 0.25) is 0 Å². The lowest BCUT2D eigenvalue weighted by molar-refractivity contribution is -0.134. The van der Waals surface area contributed by atoms with Crippen molar-refractivity contribution >= 4 is 18.3 Å². The van der Waals surface area contributed by atoms with Crippen molar-refractivity contribution in [1.82, 2.24) is 10.2 Å². The molecule has 0 unspecified atom stereocenters. The van der Waals surface area contributed by atoms with Gasteiger partial charge in [0.05, 0.1) is 7.11 Å². The summed E-state index contributed by atoms with van der Waals surface area (Å²) < 4.78 is 10.8. The van der Waals surface area contributed by atoms with Crippen molar-refractivity contribution in [2.45, 2.75) is 19.3 Å². The Morgan fingerprint density at radius 3 is 2.52 bits per heavy atom. The fourth-order valence-electron chi connectivity index (χ4n) is 2.79. The number of nitrogens with zero attached hydrogens (tertiary/aromatic N) is 1. The maximum Gasteiger partial charge on any atom is 0.260 e. The summed E-state index contributed by atoms with van der Waals surface area (Å²) in [5.41, 5.74) is 0. The first-order chi connectivity index (χ1) is 10.7. The van der Waals surface area contributed by atoms with Gasteiger partial charge in [-0.3, -0.25) is 4.79 Å². The fourth-order valence-corrected chi connectivity index (χ4v) is 2.79. The first-order valence-electron chi connectivity index (χ1n) is 7.92. The predicted octanol–water partition coefficient (Wildman–Crippen LogP) is 2.34. The molecule has 0 aromatic heterocycles. The van der Waals surface area contributed by atoms with E-state index >= 15 is 0 Å². The van der Waals surface area contributed by atoms with Crippen LogP contribution in [-0.2, 0) is 4.79 Å². The van der Waals surface area contributed by atoms with Crippen LogP contribution in [0.5, 0.6) is 11.5 Å². The second-order valence-electron chi connectivity index (χ2n) is 5.66. The minimum Gasteiger partial charge on any atom is -0.493 e. The lowest BCUT2D eigenvalue weighted by atomic mass is 9.93. The molecule has 23 heavy (non-hydrogen) atoms. The summed E-state index contributed by atoms with van der Waals surface area (Å²) >= 11 is 0. The zero-order valence-corrected chi connectivity index (χ0v) is 14.7. The molecule has 130 valence electrons. The number of nitrogens with one attached hydrogen (secondary N) is 1. The Morgan fingerprint density at radius 2 is 1.91 bits per heavy atom.